The maximum absolute atomic E-state index is 11.8. The minimum Gasteiger partial charge on any atom is -0.481 e. The molecule has 2 fully saturated rings. The average Bonchev–Trinajstić information content (AvgIpc) is 2.96. The van der Waals surface area contributed by atoms with Crippen LogP contribution in [0.1, 0.15) is 39.0 Å². The van der Waals surface area contributed by atoms with Gasteiger partial charge in [-0.15, -0.1) is 0 Å². The predicted octanol–water partition coefficient (Wildman–Crippen LogP) is 2.14. The van der Waals surface area contributed by atoms with Crippen molar-refractivity contribution in [1.29, 1.82) is 0 Å². The first-order chi connectivity index (χ1) is 9.06. The summed E-state index contributed by atoms with van der Waals surface area (Å²) in [6, 6.07) is 0.267. The molecule has 4 unspecified atom stereocenters. The van der Waals surface area contributed by atoms with Crippen LogP contribution < -0.4 is 5.32 Å². The maximum Gasteiger partial charge on any atom is 0.304 e. The molecule has 0 aliphatic heterocycles. The molecule has 4 atom stereocenters. The van der Waals surface area contributed by atoms with Crippen LogP contribution in [0, 0.1) is 17.8 Å². The molecule has 4 nitrogen and oxygen atoms in total. The molecule has 0 saturated heterocycles. The second-order valence-electron chi connectivity index (χ2n) is 5.89. The Hall–Kier alpha value is -0.710. The highest BCUT2D eigenvalue weighted by Gasteiger charge is 2.41. The van der Waals surface area contributed by atoms with Crippen LogP contribution in [0.2, 0.25) is 0 Å². The molecule has 2 aliphatic carbocycles. The summed E-state index contributed by atoms with van der Waals surface area (Å²) in [7, 11) is 0. The monoisotopic (exact) mass is 285 g/mol. The highest BCUT2D eigenvalue weighted by molar-refractivity contribution is 7.99. The maximum atomic E-state index is 11.8. The largest absolute Gasteiger partial charge is 0.481 e. The fraction of sp³-hybridized carbons (Fsp3) is 0.857. The molecule has 2 saturated carbocycles. The number of thioether (sulfide) groups is 1. The second kappa shape index (κ2) is 6.64. The van der Waals surface area contributed by atoms with Gasteiger partial charge in [-0.05, 0) is 43.9 Å². The number of carboxylic acid groups (broad SMARTS) is 1. The van der Waals surface area contributed by atoms with Gasteiger partial charge in [0.25, 0.3) is 0 Å². The van der Waals surface area contributed by atoms with Gasteiger partial charge < -0.3 is 10.4 Å². The Morgan fingerprint density at radius 1 is 1.37 bits per heavy atom. The van der Waals surface area contributed by atoms with Crippen LogP contribution in [0.25, 0.3) is 0 Å². The first-order valence-corrected chi connectivity index (χ1v) is 8.30. The van der Waals surface area contributed by atoms with Gasteiger partial charge in [-0.3, -0.25) is 9.59 Å². The zero-order valence-electron chi connectivity index (χ0n) is 11.4. The van der Waals surface area contributed by atoms with E-state index in [0.717, 1.165) is 11.8 Å². The summed E-state index contributed by atoms with van der Waals surface area (Å²) in [5.74, 6) is 2.50. The summed E-state index contributed by atoms with van der Waals surface area (Å²) in [6.45, 7) is 2.12. The zero-order chi connectivity index (χ0) is 13.8. The lowest BCUT2D eigenvalue weighted by Gasteiger charge is -2.28. The number of carbonyl (C=O) groups is 2. The lowest BCUT2D eigenvalue weighted by molar-refractivity contribution is -0.136. The Labute approximate surface area is 118 Å². The van der Waals surface area contributed by atoms with Gasteiger partial charge in [-0.1, -0.05) is 6.42 Å². The van der Waals surface area contributed by atoms with Gasteiger partial charge in [0.2, 0.25) is 5.91 Å². The Kier molecular flexibility index (Phi) is 5.13. The Morgan fingerprint density at radius 2 is 2.16 bits per heavy atom. The number of hydrogen-bond donors (Lipinski definition) is 2. The highest BCUT2D eigenvalue weighted by Crippen LogP contribution is 2.49. The normalized spacial score (nSPS) is 30.3. The number of nitrogens with one attached hydrogen (secondary N) is 1. The van der Waals surface area contributed by atoms with Crippen molar-refractivity contribution in [3.05, 3.63) is 0 Å². The second-order valence-corrected chi connectivity index (χ2v) is 7.00. The SMILES string of the molecule is CC(NC(=O)CSCCC(=O)O)C1CC2CCC1C2. The summed E-state index contributed by atoms with van der Waals surface area (Å²) in [5, 5.41) is 11.6. The average molecular weight is 285 g/mol. The van der Waals surface area contributed by atoms with Gasteiger partial charge >= 0.3 is 5.97 Å². The van der Waals surface area contributed by atoms with Crippen molar-refractivity contribution in [3.63, 3.8) is 0 Å². The van der Waals surface area contributed by atoms with Crippen molar-refractivity contribution in [2.45, 2.75) is 45.1 Å². The third kappa shape index (κ3) is 4.13. The van der Waals surface area contributed by atoms with E-state index in [-0.39, 0.29) is 18.4 Å². The number of carboxylic acids is 1. The van der Waals surface area contributed by atoms with E-state index in [1.165, 1.54) is 37.4 Å². The lowest BCUT2D eigenvalue weighted by atomic mass is 9.84. The van der Waals surface area contributed by atoms with Crippen LogP contribution in [0.3, 0.4) is 0 Å². The van der Waals surface area contributed by atoms with Crippen LogP contribution in [-0.2, 0) is 9.59 Å². The molecule has 108 valence electrons. The number of fused-ring (bicyclic) bond motifs is 2. The third-order valence-electron chi connectivity index (χ3n) is 4.52. The molecule has 5 heteroatoms. The number of rotatable bonds is 7. The van der Waals surface area contributed by atoms with Gasteiger partial charge in [-0.2, -0.15) is 11.8 Å². The number of carbonyl (C=O) groups excluding carboxylic acids is 1. The van der Waals surface area contributed by atoms with E-state index in [1.54, 1.807) is 0 Å². The number of aliphatic carboxylic acids is 1. The minimum absolute atomic E-state index is 0.0469. The molecule has 2 rings (SSSR count). The molecule has 0 aromatic carbocycles. The molecule has 0 aromatic heterocycles. The molecular formula is C14H23NO3S. The standard InChI is InChI=1S/C14H23NO3S/c1-9(12-7-10-2-3-11(12)6-10)15-13(16)8-19-5-4-14(17)18/h9-12H,2-8H2,1H3,(H,15,16)(H,17,18). The third-order valence-corrected chi connectivity index (χ3v) is 5.48. The molecule has 19 heavy (non-hydrogen) atoms. The molecule has 2 bridgehead atoms. The van der Waals surface area contributed by atoms with Crippen LogP contribution in [0.4, 0.5) is 0 Å². The molecule has 0 radical (unpaired) electrons. The van der Waals surface area contributed by atoms with Gasteiger partial charge in [-0.25, -0.2) is 0 Å². The van der Waals surface area contributed by atoms with Crippen molar-refractivity contribution in [3.8, 4) is 0 Å². The van der Waals surface area contributed by atoms with Crippen molar-refractivity contribution in [1.82, 2.24) is 5.32 Å². The summed E-state index contributed by atoms with van der Waals surface area (Å²) in [5.41, 5.74) is 0. The Morgan fingerprint density at radius 3 is 2.74 bits per heavy atom. The summed E-state index contributed by atoms with van der Waals surface area (Å²) >= 11 is 1.40. The van der Waals surface area contributed by atoms with E-state index < -0.39 is 5.97 Å². The van der Waals surface area contributed by atoms with Crippen molar-refractivity contribution < 1.29 is 14.7 Å². The van der Waals surface area contributed by atoms with Crippen molar-refractivity contribution >= 4 is 23.6 Å². The molecule has 0 aromatic rings. The first kappa shape index (κ1) is 14.7. The first-order valence-electron chi connectivity index (χ1n) is 7.15. The van der Waals surface area contributed by atoms with Gasteiger partial charge in [0.1, 0.15) is 0 Å². The van der Waals surface area contributed by atoms with Crippen LogP contribution in [0.5, 0.6) is 0 Å². The summed E-state index contributed by atoms with van der Waals surface area (Å²) in [4.78, 5) is 22.1. The van der Waals surface area contributed by atoms with E-state index in [1.807, 2.05) is 0 Å². The Balaban J connectivity index is 1.63. The quantitative estimate of drug-likeness (QED) is 0.703. The Bertz CT molecular complexity index is 348. The molecular weight excluding hydrogens is 262 g/mol. The van der Waals surface area contributed by atoms with Gasteiger partial charge in [0.05, 0.1) is 12.2 Å². The van der Waals surface area contributed by atoms with E-state index in [4.69, 9.17) is 5.11 Å². The van der Waals surface area contributed by atoms with E-state index >= 15 is 0 Å². The predicted molar refractivity (Wildman–Crippen MR) is 76.1 cm³/mol. The van der Waals surface area contributed by atoms with Gasteiger partial charge in [0, 0.05) is 11.8 Å². The highest BCUT2D eigenvalue weighted by atomic mass is 32.2. The molecule has 1 amide bonds. The summed E-state index contributed by atoms with van der Waals surface area (Å²) in [6.07, 6.45) is 5.48. The summed E-state index contributed by atoms with van der Waals surface area (Å²) < 4.78 is 0. The molecule has 0 heterocycles. The van der Waals surface area contributed by atoms with Gasteiger partial charge in [0.15, 0.2) is 0 Å². The number of hydrogen-bond acceptors (Lipinski definition) is 3. The van der Waals surface area contributed by atoms with E-state index in [9.17, 15) is 9.59 Å². The number of amides is 1. The van der Waals surface area contributed by atoms with E-state index in [0.29, 0.717) is 17.4 Å². The fourth-order valence-electron chi connectivity index (χ4n) is 3.63. The van der Waals surface area contributed by atoms with Crippen LogP contribution in [-0.4, -0.2) is 34.5 Å². The fourth-order valence-corrected chi connectivity index (χ4v) is 4.37. The topological polar surface area (TPSA) is 66.4 Å². The zero-order valence-corrected chi connectivity index (χ0v) is 12.2. The lowest BCUT2D eigenvalue weighted by Crippen LogP contribution is -2.41. The van der Waals surface area contributed by atoms with Crippen molar-refractivity contribution in [2.75, 3.05) is 11.5 Å². The van der Waals surface area contributed by atoms with Crippen LogP contribution >= 0.6 is 11.8 Å². The van der Waals surface area contributed by atoms with Crippen molar-refractivity contribution in [2.24, 2.45) is 17.8 Å². The molecule has 0 spiro atoms. The molecule has 2 N–H and O–H groups in total. The molecule has 2 aliphatic rings. The minimum atomic E-state index is -0.803. The van der Waals surface area contributed by atoms with Crippen LogP contribution in [0.15, 0.2) is 0 Å². The van der Waals surface area contributed by atoms with E-state index in [2.05, 4.69) is 12.2 Å². The smallest absolute Gasteiger partial charge is 0.304 e.